The van der Waals surface area contributed by atoms with Crippen LogP contribution in [0.3, 0.4) is 0 Å². The van der Waals surface area contributed by atoms with Crippen LogP contribution in [0.4, 0.5) is 11.5 Å². The van der Waals surface area contributed by atoms with Crippen LogP contribution >= 0.6 is 0 Å². The van der Waals surface area contributed by atoms with Gasteiger partial charge in [-0.3, -0.25) is 19.9 Å². The van der Waals surface area contributed by atoms with Crippen molar-refractivity contribution >= 4 is 21.5 Å². The molecule has 2 N–H and O–H groups in total. The lowest BCUT2D eigenvalue weighted by Gasteiger charge is -2.05. The number of sulfonamides is 1. The molecule has 0 spiro atoms. The highest BCUT2D eigenvalue weighted by Crippen LogP contribution is 2.27. The molecule has 3 aromatic rings. The van der Waals surface area contributed by atoms with E-state index >= 15 is 0 Å². The van der Waals surface area contributed by atoms with Crippen LogP contribution in [-0.4, -0.2) is 23.5 Å². The SMILES string of the molecule is Cc1ccccc1-c1cc(NS(=O)(=O)c2ccccc2[N+](=O)[O-])n[nH]1. The van der Waals surface area contributed by atoms with E-state index in [0.717, 1.165) is 17.2 Å². The van der Waals surface area contributed by atoms with Crippen LogP contribution in [0.25, 0.3) is 11.3 Å². The fourth-order valence-corrected chi connectivity index (χ4v) is 3.58. The minimum atomic E-state index is -4.14. The molecule has 0 saturated heterocycles. The number of aromatic nitrogens is 2. The molecule has 25 heavy (non-hydrogen) atoms. The van der Waals surface area contributed by atoms with E-state index < -0.39 is 25.5 Å². The molecule has 2 aromatic carbocycles. The number of H-pyrrole nitrogens is 1. The number of aromatic amines is 1. The number of hydrogen-bond donors (Lipinski definition) is 2. The van der Waals surface area contributed by atoms with Gasteiger partial charge in [0.2, 0.25) is 0 Å². The van der Waals surface area contributed by atoms with Gasteiger partial charge in [-0.15, -0.1) is 0 Å². The summed E-state index contributed by atoms with van der Waals surface area (Å²) in [6, 6.07) is 14.2. The molecule has 8 nitrogen and oxygen atoms in total. The molecule has 0 aliphatic heterocycles. The van der Waals surface area contributed by atoms with Gasteiger partial charge in [-0.2, -0.15) is 5.10 Å². The Morgan fingerprint density at radius 1 is 1.12 bits per heavy atom. The molecule has 1 heterocycles. The summed E-state index contributed by atoms with van der Waals surface area (Å²) in [6.45, 7) is 1.92. The van der Waals surface area contributed by atoms with Gasteiger partial charge in [-0.25, -0.2) is 8.42 Å². The molecular weight excluding hydrogens is 344 g/mol. The topological polar surface area (TPSA) is 118 Å². The molecule has 3 rings (SSSR count). The zero-order valence-corrected chi connectivity index (χ0v) is 13.9. The maximum atomic E-state index is 12.5. The zero-order valence-electron chi connectivity index (χ0n) is 13.1. The molecule has 1 aromatic heterocycles. The molecular formula is C16H14N4O4S. The second-order valence-corrected chi connectivity index (χ2v) is 6.96. The van der Waals surface area contributed by atoms with Crippen LogP contribution in [0.5, 0.6) is 0 Å². The third kappa shape index (κ3) is 3.36. The largest absolute Gasteiger partial charge is 0.289 e. The number of nitro benzene ring substituents is 1. The molecule has 0 amide bonds. The number of nitrogens with zero attached hydrogens (tertiary/aromatic N) is 2. The average Bonchev–Trinajstić information content (AvgIpc) is 3.02. The summed E-state index contributed by atoms with van der Waals surface area (Å²) >= 11 is 0. The smallest absolute Gasteiger partial charge is 0.276 e. The van der Waals surface area contributed by atoms with Crippen LogP contribution in [-0.2, 0) is 10.0 Å². The molecule has 0 radical (unpaired) electrons. The number of rotatable bonds is 5. The number of para-hydroxylation sites is 1. The maximum Gasteiger partial charge on any atom is 0.289 e. The van der Waals surface area contributed by atoms with Crippen LogP contribution in [0.15, 0.2) is 59.5 Å². The summed E-state index contributed by atoms with van der Waals surface area (Å²) in [4.78, 5) is 9.88. The van der Waals surface area contributed by atoms with E-state index in [1.807, 2.05) is 31.2 Å². The molecule has 0 bridgehead atoms. The summed E-state index contributed by atoms with van der Waals surface area (Å²) < 4.78 is 27.2. The van der Waals surface area contributed by atoms with Gasteiger partial charge in [-0.05, 0) is 18.6 Å². The Morgan fingerprint density at radius 2 is 1.80 bits per heavy atom. The Morgan fingerprint density at radius 3 is 2.52 bits per heavy atom. The number of benzene rings is 2. The van der Waals surface area contributed by atoms with Gasteiger partial charge in [0.25, 0.3) is 15.7 Å². The fraction of sp³-hybridized carbons (Fsp3) is 0.0625. The van der Waals surface area contributed by atoms with Crippen molar-refractivity contribution in [3.63, 3.8) is 0 Å². The van der Waals surface area contributed by atoms with E-state index in [-0.39, 0.29) is 5.82 Å². The molecule has 9 heteroatoms. The van der Waals surface area contributed by atoms with Gasteiger partial charge >= 0.3 is 0 Å². The third-order valence-corrected chi connectivity index (χ3v) is 5.01. The monoisotopic (exact) mass is 358 g/mol. The molecule has 0 saturated carbocycles. The van der Waals surface area contributed by atoms with Gasteiger partial charge in [0.1, 0.15) is 0 Å². The maximum absolute atomic E-state index is 12.5. The van der Waals surface area contributed by atoms with Crippen molar-refractivity contribution < 1.29 is 13.3 Å². The minimum Gasteiger partial charge on any atom is -0.276 e. The summed E-state index contributed by atoms with van der Waals surface area (Å²) in [5.74, 6) is 0.0522. The highest BCUT2D eigenvalue weighted by atomic mass is 32.2. The Kier molecular flexibility index (Phi) is 4.24. The van der Waals surface area contributed by atoms with E-state index in [2.05, 4.69) is 14.9 Å². The first-order chi connectivity index (χ1) is 11.9. The Bertz CT molecular complexity index is 1040. The molecule has 0 atom stereocenters. The summed E-state index contributed by atoms with van der Waals surface area (Å²) in [5.41, 5.74) is 2.02. The lowest BCUT2D eigenvalue weighted by molar-refractivity contribution is -0.387. The van der Waals surface area contributed by atoms with E-state index in [1.165, 1.54) is 24.3 Å². The molecule has 0 aliphatic rings. The van der Waals surface area contributed by atoms with Gasteiger partial charge in [0.15, 0.2) is 10.7 Å². The van der Waals surface area contributed by atoms with E-state index in [0.29, 0.717) is 5.69 Å². The van der Waals surface area contributed by atoms with Crippen molar-refractivity contribution in [2.24, 2.45) is 0 Å². The predicted molar refractivity (Wildman–Crippen MR) is 92.7 cm³/mol. The molecule has 128 valence electrons. The Balaban J connectivity index is 1.93. The van der Waals surface area contributed by atoms with Crippen molar-refractivity contribution in [1.82, 2.24) is 10.2 Å². The van der Waals surface area contributed by atoms with Crippen molar-refractivity contribution in [2.75, 3.05) is 4.72 Å². The standard InChI is InChI=1S/C16H14N4O4S/c1-11-6-2-3-7-12(11)13-10-16(18-17-13)19-25(23,24)15-9-5-4-8-14(15)20(21)22/h2-10H,1H3,(H2,17,18,19). The van der Waals surface area contributed by atoms with Crippen LogP contribution < -0.4 is 4.72 Å². The molecule has 0 aliphatic carbocycles. The first-order valence-electron chi connectivity index (χ1n) is 7.26. The Hall–Kier alpha value is -3.20. The molecule has 0 unspecified atom stereocenters. The second-order valence-electron chi connectivity index (χ2n) is 5.31. The quantitative estimate of drug-likeness (QED) is 0.537. The third-order valence-electron chi connectivity index (χ3n) is 3.60. The predicted octanol–water partition coefficient (Wildman–Crippen LogP) is 3.09. The number of anilines is 1. The van der Waals surface area contributed by atoms with E-state index in [4.69, 9.17) is 0 Å². The number of nitrogens with one attached hydrogen (secondary N) is 2. The lowest BCUT2D eigenvalue weighted by Crippen LogP contribution is -2.14. The highest BCUT2D eigenvalue weighted by molar-refractivity contribution is 7.92. The first kappa shape index (κ1) is 16.7. The molecule has 0 fully saturated rings. The van der Waals surface area contributed by atoms with Crippen LogP contribution in [0.2, 0.25) is 0 Å². The average molecular weight is 358 g/mol. The highest BCUT2D eigenvalue weighted by Gasteiger charge is 2.26. The summed E-state index contributed by atoms with van der Waals surface area (Å²) in [7, 11) is -4.14. The van der Waals surface area contributed by atoms with Crippen molar-refractivity contribution in [3.8, 4) is 11.3 Å². The van der Waals surface area contributed by atoms with Crippen molar-refractivity contribution in [2.45, 2.75) is 11.8 Å². The lowest BCUT2D eigenvalue weighted by atomic mass is 10.1. The number of hydrogen-bond acceptors (Lipinski definition) is 5. The normalized spacial score (nSPS) is 11.2. The van der Waals surface area contributed by atoms with Gasteiger partial charge < -0.3 is 0 Å². The summed E-state index contributed by atoms with van der Waals surface area (Å²) in [6.07, 6.45) is 0. The zero-order chi connectivity index (χ0) is 18.0. The van der Waals surface area contributed by atoms with E-state index in [9.17, 15) is 18.5 Å². The van der Waals surface area contributed by atoms with Crippen molar-refractivity contribution in [1.29, 1.82) is 0 Å². The van der Waals surface area contributed by atoms with Gasteiger partial charge in [-0.1, -0.05) is 36.4 Å². The first-order valence-corrected chi connectivity index (χ1v) is 8.74. The fourth-order valence-electron chi connectivity index (χ4n) is 2.41. The van der Waals surface area contributed by atoms with Crippen LogP contribution in [0.1, 0.15) is 5.56 Å². The van der Waals surface area contributed by atoms with Gasteiger partial charge in [0.05, 0.1) is 10.6 Å². The summed E-state index contributed by atoms with van der Waals surface area (Å²) in [5, 5.41) is 17.7. The number of aryl methyl sites for hydroxylation is 1. The van der Waals surface area contributed by atoms with Gasteiger partial charge in [0, 0.05) is 17.7 Å². The minimum absolute atomic E-state index is 0.0522. The van der Waals surface area contributed by atoms with Crippen molar-refractivity contribution in [3.05, 3.63) is 70.3 Å². The van der Waals surface area contributed by atoms with Crippen LogP contribution in [0, 0.1) is 17.0 Å². The Labute approximate surface area is 143 Å². The number of nitro groups is 1. The van der Waals surface area contributed by atoms with E-state index in [1.54, 1.807) is 0 Å². The second kappa shape index (κ2) is 6.36.